The summed E-state index contributed by atoms with van der Waals surface area (Å²) in [6.45, 7) is 5.44. The van der Waals surface area contributed by atoms with Crippen molar-refractivity contribution in [1.29, 1.82) is 0 Å². The molecule has 1 fully saturated rings. The van der Waals surface area contributed by atoms with Crippen molar-refractivity contribution < 1.29 is 14.4 Å². The summed E-state index contributed by atoms with van der Waals surface area (Å²) in [6.07, 6.45) is 0. The molecule has 1 heterocycles. The first kappa shape index (κ1) is 11.5. The molecule has 1 unspecified atom stereocenters. The van der Waals surface area contributed by atoms with Crippen molar-refractivity contribution in [3.63, 3.8) is 0 Å². The first-order valence-corrected chi connectivity index (χ1v) is 4.70. The fraction of sp³-hybridized carbons (Fsp3) is 0.667. The maximum Gasteiger partial charge on any atom is 0.322 e. The van der Waals surface area contributed by atoms with Crippen LogP contribution in [-0.2, 0) is 9.59 Å². The lowest BCUT2D eigenvalue weighted by atomic mass is 9.95. The highest BCUT2D eigenvalue weighted by Gasteiger charge is 2.30. The van der Waals surface area contributed by atoms with Crippen LogP contribution in [-0.4, -0.2) is 30.4 Å². The molecule has 0 aromatic heterocycles. The summed E-state index contributed by atoms with van der Waals surface area (Å²) < 4.78 is 0. The van der Waals surface area contributed by atoms with Crippen LogP contribution >= 0.6 is 0 Å². The maximum atomic E-state index is 11.5. The quantitative estimate of drug-likeness (QED) is 0.533. The molecule has 1 saturated heterocycles. The number of urea groups is 1. The van der Waals surface area contributed by atoms with E-state index in [0.717, 1.165) is 0 Å². The molecule has 0 spiro atoms. The van der Waals surface area contributed by atoms with Crippen LogP contribution in [0.25, 0.3) is 0 Å². The van der Waals surface area contributed by atoms with Crippen LogP contribution in [0.1, 0.15) is 20.8 Å². The van der Waals surface area contributed by atoms with Crippen LogP contribution in [0.5, 0.6) is 0 Å². The van der Waals surface area contributed by atoms with Gasteiger partial charge in [-0.2, -0.15) is 0 Å². The lowest BCUT2D eigenvalue weighted by Gasteiger charge is -2.18. The zero-order valence-electron chi connectivity index (χ0n) is 9.01. The summed E-state index contributed by atoms with van der Waals surface area (Å²) >= 11 is 0. The minimum atomic E-state index is -0.663. The van der Waals surface area contributed by atoms with Crippen LogP contribution in [0.2, 0.25) is 0 Å². The number of rotatable bonds is 2. The fourth-order valence-electron chi connectivity index (χ4n) is 1.06. The SMILES string of the molecule is CC(C)(C)C(=O)NCC1NC(=O)NC1=O. The molecule has 1 aliphatic rings. The Morgan fingerprint density at radius 1 is 1.40 bits per heavy atom. The molecule has 0 radical (unpaired) electrons. The van der Waals surface area contributed by atoms with Gasteiger partial charge in [0.2, 0.25) is 5.91 Å². The lowest BCUT2D eigenvalue weighted by Crippen LogP contribution is -2.45. The second kappa shape index (κ2) is 3.88. The van der Waals surface area contributed by atoms with E-state index in [1.165, 1.54) is 0 Å². The van der Waals surface area contributed by atoms with E-state index in [9.17, 15) is 14.4 Å². The summed E-state index contributed by atoms with van der Waals surface area (Å²) in [7, 11) is 0. The van der Waals surface area contributed by atoms with Crippen molar-refractivity contribution in [1.82, 2.24) is 16.0 Å². The van der Waals surface area contributed by atoms with Gasteiger partial charge in [-0.15, -0.1) is 0 Å². The summed E-state index contributed by atoms with van der Waals surface area (Å²) in [4.78, 5) is 33.3. The Morgan fingerprint density at radius 3 is 2.40 bits per heavy atom. The van der Waals surface area contributed by atoms with E-state index >= 15 is 0 Å². The number of carbonyl (C=O) groups excluding carboxylic acids is 3. The van der Waals surface area contributed by atoms with Gasteiger partial charge in [0.25, 0.3) is 5.91 Å². The highest BCUT2D eigenvalue weighted by atomic mass is 16.2. The van der Waals surface area contributed by atoms with Gasteiger partial charge in [-0.1, -0.05) is 20.8 Å². The molecule has 0 aromatic rings. The molecular formula is C9H15N3O3. The molecule has 84 valence electrons. The highest BCUT2D eigenvalue weighted by Crippen LogP contribution is 2.12. The van der Waals surface area contributed by atoms with Crippen LogP contribution in [0.3, 0.4) is 0 Å². The van der Waals surface area contributed by atoms with Gasteiger partial charge in [0.1, 0.15) is 6.04 Å². The number of amides is 4. The third-order valence-corrected chi connectivity index (χ3v) is 2.01. The van der Waals surface area contributed by atoms with Gasteiger partial charge in [0, 0.05) is 12.0 Å². The Hall–Kier alpha value is -1.59. The van der Waals surface area contributed by atoms with E-state index in [1.54, 1.807) is 20.8 Å². The molecule has 0 saturated carbocycles. The predicted octanol–water partition coefficient (Wildman–Crippen LogP) is -0.643. The Bertz CT molecular complexity index is 306. The number of imide groups is 1. The Balaban J connectivity index is 2.42. The van der Waals surface area contributed by atoms with Gasteiger partial charge >= 0.3 is 6.03 Å². The fourth-order valence-corrected chi connectivity index (χ4v) is 1.06. The van der Waals surface area contributed by atoms with E-state index in [4.69, 9.17) is 0 Å². The van der Waals surface area contributed by atoms with Gasteiger partial charge in [-0.25, -0.2) is 4.79 Å². The summed E-state index contributed by atoms with van der Waals surface area (Å²) in [5, 5.41) is 7.09. The molecule has 0 aliphatic carbocycles. The molecule has 6 nitrogen and oxygen atoms in total. The third kappa shape index (κ3) is 2.93. The smallest absolute Gasteiger partial charge is 0.322 e. The van der Waals surface area contributed by atoms with E-state index in [-0.39, 0.29) is 12.5 Å². The first-order valence-electron chi connectivity index (χ1n) is 4.70. The Kier molecular flexibility index (Phi) is 2.97. The molecule has 0 bridgehead atoms. The van der Waals surface area contributed by atoms with E-state index in [0.29, 0.717) is 0 Å². The molecule has 3 N–H and O–H groups in total. The Morgan fingerprint density at radius 2 is 2.00 bits per heavy atom. The van der Waals surface area contributed by atoms with Crippen molar-refractivity contribution in [2.75, 3.05) is 6.54 Å². The average Bonchev–Trinajstić information content (AvgIpc) is 2.39. The monoisotopic (exact) mass is 213 g/mol. The lowest BCUT2D eigenvalue weighted by molar-refractivity contribution is -0.128. The molecule has 15 heavy (non-hydrogen) atoms. The number of carbonyl (C=O) groups is 3. The zero-order valence-corrected chi connectivity index (χ0v) is 9.01. The molecule has 1 atom stereocenters. The van der Waals surface area contributed by atoms with Crippen LogP contribution in [0.15, 0.2) is 0 Å². The largest absolute Gasteiger partial charge is 0.353 e. The summed E-state index contributed by atoms with van der Waals surface area (Å²) in [6, 6.07) is -1.18. The second-order valence-electron chi connectivity index (χ2n) is 4.48. The molecule has 1 rings (SSSR count). The van der Waals surface area contributed by atoms with Gasteiger partial charge in [0.05, 0.1) is 0 Å². The average molecular weight is 213 g/mol. The number of hydrogen-bond donors (Lipinski definition) is 3. The van der Waals surface area contributed by atoms with E-state index < -0.39 is 23.4 Å². The second-order valence-corrected chi connectivity index (χ2v) is 4.48. The van der Waals surface area contributed by atoms with Gasteiger partial charge in [0.15, 0.2) is 0 Å². The molecule has 0 aromatic carbocycles. The van der Waals surface area contributed by atoms with Crippen molar-refractivity contribution in [2.24, 2.45) is 5.41 Å². The van der Waals surface area contributed by atoms with Crippen LogP contribution in [0, 0.1) is 5.41 Å². The highest BCUT2D eigenvalue weighted by molar-refractivity contribution is 6.04. The predicted molar refractivity (Wildman–Crippen MR) is 52.9 cm³/mol. The number of nitrogens with one attached hydrogen (secondary N) is 3. The summed E-state index contributed by atoms with van der Waals surface area (Å²) in [5.74, 6) is -0.564. The first-order chi connectivity index (χ1) is 6.80. The van der Waals surface area contributed by atoms with Crippen LogP contribution < -0.4 is 16.0 Å². The van der Waals surface area contributed by atoms with Gasteiger partial charge in [-0.05, 0) is 0 Å². The number of hydrogen-bond acceptors (Lipinski definition) is 3. The molecule has 4 amide bonds. The molecular weight excluding hydrogens is 198 g/mol. The Labute approximate surface area is 87.8 Å². The summed E-state index contributed by atoms with van der Waals surface area (Å²) in [5.41, 5.74) is -0.501. The topological polar surface area (TPSA) is 87.3 Å². The normalized spacial score (nSPS) is 20.9. The van der Waals surface area contributed by atoms with Crippen LogP contribution in [0.4, 0.5) is 4.79 Å². The molecule has 6 heteroatoms. The maximum absolute atomic E-state index is 11.5. The standard InChI is InChI=1S/C9H15N3O3/c1-9(2,3)7(14)10-4-5-6(13)12-8(15)11-5/h5H,4H2,1-3H3,(H,10,14)(H2,11,12,13,15). The minimum absolute atomic E-state index is 0.119. The van der Waals surface area contributed by atoms with Crippen molar-refractivity contribution in [3.05, 3.63) is 0 Å². The van der Waals surface area contributed by atoms with Crippen molar-refractivity contribution in [2.45, 2.75) is 26.8 Å². The van der Waals surface area contributed by atoms with Crippen molar-refractivity contribution in [3.8, 4) is 0 Å². The van der Waals surface area contributed by atoms with Crippen molar-refractivity contribution >= 4 is 17.8 Å². The molecule has 1 aliphatic heterocycles. The third-order valence-electron chi connectivity index (χ3n) is 2.01. The van der Waals surface area contributed by atoms with Gasteiger partial charge in [-0.3, -0.25) is 14.9 Å². The van der Waals surface area contributed by atoms with E-state index in [1.807, 2.05) is 0 Å². The van der Waals surface area contributed by atoms with Gasteiger partial charge < -0.3 is 10.6 Å². The minimum Gasteiger partial charge on any atom is -0.353 e. The zero-order chi connectivity index (χ0) is 11.6. The van der Waals surface area contributed by atoms with E-state index in [2.05, 4.69) is 16.0 Å².